The molecule has 23 heavy (non-hydrogen) atoms. The van der Waals surface area contributed by atoms with E-state index in [1.54, 1.807) is 6.07 Å². The second kappa shape index (κ2) is 7.03. The highest BCUT2D eigenvalue weighted by atomic mass is 35.5. The molecular weight excluding hydrogens is 354 g/mol. The summed E-state index contributed by atoms with van der Waals surface area (Å²) in [7, 11) is 0. The molecule has 0 saturated carbocycles. The number of aryl methyl sites for hydroxylation is 1. The normalized spacial score (nSPS) is 10.5. The van der Waals surface area contributed by atoms with Crippen molar-refractivity contribution in [2.75, 3.05) is 10.6 Å². The van der Waals surface area contributed by atoms with Crippen molar-refractivity contribution in [1.82, 2.24) is 15.2 Å². The Morgan fingerprint density at radius 3 is 2.91 bits per heavy atom. The fourth-order valence-electron chi connectivity index (χ4n) is 1.81. The van der Waals surface area contributed by atoms with E-state index in [2.05, 4.69) is 25.8 Å². The predicted molar refractivity (Wildman–Crippen MR) is 93.8 cm³/mol. The van der Waals surface area contributed by atoms with Crippen LogP contribution in [0.2, 0.25) is 5.02 Å². The Balaban J connectivity index is 1.59. The van der Waals surface area contributed by atoms with Crippen molar-refractivity contribution < 1.29 is 4.79 Å². The van der Waals surface area contributed by atoms with Crippen LogP contribution in [0.5, 0.6) is 0 Å². The molecule has 6 nitrogen and oxygen atoms in total. The number of nitrogens with zero attached hydrogens (tertiary/aromatic N) is 3. The van der Waals surface area contributed by atoms with E-state index in [-0.39, 0.29) is 12.3 Å². The number of halogens is 1. The Morgan fingerprint density at radius 1 is 1.30 bits per heavy atom. The van der Waals surface area contributed by atoms with Gasteiger partial charge in [0, 0.05) is 16.1 Å². The van der Waals surface area contributed by atoms with Crippen LogP contribution in [0.1, 0.15) is 10.7 Å². The van der Waals surface area contributed by atoms with Crippen molar-refractivity contribution in [3.63, 3.8) is 0 Å². The van der Waals surface area contributed by atoms with Gasteiger partial charge in [0.25, 0.3) is 0 Å². The van der Waals surface area contributed by atoms with E-state index in [9.17, 15) is 4.79 Å². The van der Waals surface area contributed by atoms with Crippen LogP contribution in [-0.4, -0.2) is 21.1 Å². The molecule has 0 fully saturated rings. The van der Waals surface area contributed by atoms with Crippen molar-refractivity contribution in [1.29, 1.82) is 0 Å². The summed E-state index contributed by atoms with van der Waals surface area (Å²) in [6.07, 6.45) is 0.187. The first-order valence-corrected chi connectivity index (χ1v) is 8.73. The van der Waals surface area contributed by atoms with Crippen molar-refractivity contribution in [2.45, 2.75) is 13.3 Å². The molecule has 0 radical (unpaired) electrons. The zero-order valence-electron chi connectivity index (χ0n) is 12.0. The molecule has 118 valence electrons. The summed E-state index contributed by atoms with van der Waals surface area (Å²) in [5.41, 5.74) is 1.55. The molecule has 9 heteroatoms. The highest BCUT2D eigenvalue weighted by molar-refractivity contribution is 7.15. The first kappa shape index (κ1) is 15.9. The number of benzene rings is 1. The first-order chi connectivity index (χ1) is 11.1. The summed E-state index contributed by atoms with van der Waals surface area (Å²) in [4.78, 5) is 16.4. The van der Waals surface area contributed by atoms with Crippen molar-refractivity contribution in [3.05, 3.63) is 45.4 Å². The van der Waals surface area contributed by atoms with E-state index in [1.165, 1.54) is 22.7 Å². The summed E-state index contributed by atoms with van der Waals surface area (Å²) in [6.45, 7) is 1.83. The van der Waals surface area contributed by atoms with Gasteiger partial charge >= 0.3 is 0 Å². The number of anilines is 3. The van der Waals surface area contributed by atoms with Gasteiger partial charge in [-0.15, -0.1) is 21.5 Å². The fourth-order valence-corrected chi connectivity index (χ4v) is 3.34. The van der Waals surface area contributed by atoms with Crippen LogP contribution >= 0.6 is 34.3 Å². The summed E-state index contributed by atoms with van der Waals surface area (Å²) in [5.74, 6) is -0.166. The monoisotopic (exact) mass is 365 g/mol. The number of rotatable bonds is 5. The number of carbonyl (C=O) groups excluding carboxylic acids is 1. The van der Waals surface area contributed by atoms with Gasteiger partial charge in [-0.2, -0.15) is 0 Å². The molecule has 0 unspecified atom stereocenters. The van der Waals surface area contributed by atoms with Crippen LogP contribution in [0.15, 0.2) is 29.6 Å². The number of thiazole rings is 1. The van der Waals surface area contributed by atoms with E-state index in [0.29, 0.717) is 21.0 Å². The Bertz CT molecular complexity index is 832. The minimum Gasteiger partial charge on any atom is -0.331 e. The van der Waals surface area contributed by atoms with E-state index < -0.39 is 0 Å². The molecule has 0 aliphatic carbocycles. The number of hydrogen-bond donors (Lipinski definition) is 2. The summed E-state index contributed by atoms with van der Waals surface area (Å²) < 4.78 is 0. The maximum Gasteiger partial charge on any atom is 0.232 e. The highest BCUT2D eigenvalue weighted by Crippen LogP contribution is 2.23. The summed E-state index contributed by atoms with van der Waals surface area (Å²) >= 11 is 8.71. The minimum absolute atomic E-state index is 0.166. The Labute approximate surface area is 145 Å². The molecule has 0 spiro atoms. The van der Waals surface area contributed by atoms with E-state index in [4.69, 9.17) is 11.6 Å². The molecule has 0 bridgehead atoms. The maximum absolute atomic E-state index is 12.0. The van der Waals surface area contributed by atoms with Crippen molar-refractivity contribution in [3.8, 4) is 0 Å². The largest absolute Gasteiger partial charge is 0.331 e. The SMILES string of the molecule is Cc1nnc(NC(=O)Cc2csc(Nc3cccc(Cl)c3)n2)s1. The molecule has 3 rings (SSSR count). The number of aromatic nitrogens is 3. The van der Waals surface area contributed by atoms with Gasteiger partial charge in [0.2, 0.25) is 11.0 Å². The third-order valence-electron chi connectivity index (χ3n) is 2.74. The number of hydrogen-bond acceptors (Lipinski definition) is 7. The van der Waals surface area contributed by atoms with Crippen LogP contribution < -0.4 is 10.6 Å². The molecule has 0 atom stereocenters. The van der Waals surface area contributed by atoms with E-state index >= 15 is 0 Å². The Morgan fingerprint density at radius 2 is 2.17 bits per heavy atom. The van der Waals surface area contributed by atoms with Gasteiger partial charge in [-0.1, -0.05) is 29.0 Å². The Kier molecular flexibility index (Phi) is 4.85. The smallest absolute Gasteiger partial charge is 0.232 e. The average Bonchev–Trinajstić information content (AvgIpc) is 3.08. The predicted octanol–water partition coefficient (Wildman–Crippen LogP) is 3.88. The molecule has 2 N–H and O–H groups in total. The van der Waals surface area contributed by atoms with Crippen LogP contribution in [0.3, 0.4) is 0 Å². The highest BCUT2D eigenvalue weighted by Gasteiger charge is 2.10. The molecule has 0 aliphatic heterocycles. The van der Waals surface area contributed by atoms with Gasteiger partial charge in [-0.05, 0) is 25.1 Å². The molecule has 2 heterocycles. The lowest BCUT2D eigenvalue weighted by atomic mass is 10.3. The van der Waals surface area contributed by atoms with Gasteiger partial charge in [0.1, 0.15) is 5.01 Å². The number of carbonyl (C=O) groups is 1. The lowest BCUT2D eigenvalue weighted by molar-refractivity contribution is -0.115. The van der Waals surface area contributed by atoms with Crippen LogP contribution in [0.25, 0.3) is 0 Å². The van der Waals surface area contributed by atoms with Gasteiger partial charge in [0.15, 0.2) is 5.13 Å². The molecular formula is C14H12ClN5OS2. The van der Waals surface area contributed by atoms with Crippen LogP contribution in [0, 0.1) is 6.92 Å². The standard InChI is InChI=1S/C14H12ClN5OS2/c1-8-19-20-14(23-8)18-12(21)6-11-7-22-13(17-11)16-10-4-2-3-9(15)5-10/h2-5,7H,6H2,1H3,(H,16,17)(H,18,20,21). The van der Waals surface area contributed by atoms with Crippen LogP contribution in [0.4, 0.5) is 16.0 Å². The topological polar surface area (TPSA) is 79.8 Å². The molecule has 0 saturated heterocycles. The van der Waals surface area contributed by atoms with Gasteiger partial charge in [-0.25, -0.2) is 4.98 Å². The average molecular weight is 366 g/mol. The third-order valence-corrected chi connectivity index (χ3v) is 4.54. The second-order valence-corrected chi connectivity index (χ2v) is 7.11. The minimum atomic E-state index is -0.166. The van der Waals surface area contributed by atoms with E-state index in [1.807, 2.05) is 30.5 Å². The van der Waals surface area contributed by atoms with Crippen LogP contribution in [-0.2, 0) is 11.2 Å². The number of amides is 1. The maximum atomic E-state index is 12.0. The molecule has 1 aromatic carbocycles. The second-order valence-electron chi connectivity index (χ2n) is 4.63. The van der Waals surface area contributed by atoms with Gasteiger partial charge in [-0.3, -0.25) is 4.79 Å². The zero-order chi connectivity index (χ0) is 16.2. The van der Waals surface area contributed by atoms with Crippen molar-refractivity contribution in [2.24, 2.45) is 0 Å². The third kappa shape index (κ3) is 4.47. The molecule has 1 amide bonds. The fraction of sp³-hybridized carbons (Fsp3) is 0.143. The van der Waals surface area contributed by atoms with E-state index in [0.717, 1.165) is 10.7 Å². The summed E-state index contributed by atoms with van der Waals surface area (Å²) in [5, 5.41) is 18.1. The quantitative estimate of drug-likeness (QED) is 0.717. The lowest BCUT2D eigenvalue weighted by Crippen LogP contribution is -2.14. The zero-order valence-corrected chi connectivity index (χ0v) is 14.4. The first-order valence-electron chi connectivity index (χ1n) is 6.65. The lowest BCUT2D eigenvalue weighted by Gasteiger charge is -2.02. The molecule has 2 aromatic heterocycles. The number of nitrogens with one attached hydrogen (secondary N) is 2. The molecule has 3 aromatic rings. The van der Waals surface area contributed by atoms with Crippen molar-refractivity contribution >= 4 is 56.1 Å². The Hall–Kier alpha value is -2.03. The summed E-state index contributed by atoms with van der Waals surface area (Å²) in [6, 6.07) is 7.38. The van der Waals surface area contributed by atoms with Gasteiger partial charge < -0.3 is 10.6 Å². The molecule has 0 aliphatic rings. The van der Waals surface area contributed by atoms with Gasteiger partial charge in [0.05, 0.1) is 12.1 Å².